The van der Waals surface area contributed by atoms with E-state index in [0.717, 1.165) is 18.5 Å². The van der Waals surface area contributed by atoms with E-state index in [0.29, 0.717) is 11.6 Å². The van der Waals surface area contributed by atoms with Crippen molar-refractivity contribution in [3.63, 3.8) is 0 Å². The first-order valence-corrected chi connectivity index (χ1v) is 6.57. The quantitative estimate of drug-likeness (QED) is 0.918. The SMILES string of the molecule is COc1nccnc1C(O)c1ccc2c(c1)CCN2C. The number of aliphatic hydroxyl groups is 1. The third-order valence-electron chi connectivity index (χ3n) is 3.69. The van der Waals surface area contributed by atoms with Crippen molar-refractivity contribution in [1.29, 1.82) is 0 Å². The maximum atomic E-state index is 10.5. The van der Waals surface area contributed by atoms with E-state index in [9.17, 15) is 5.11 Å². The van der Waals surface area contributed by atoms with Crippen LogP contribution < -0.4 is 9.64 Å². The van der Waals surface area contributed by atoms with Crippen LogP contribution >= 0.6 is 0 Å². The predicted molar refractivity (Wildman–Crippen MR) is 76.1 cm³/mol. The van der Waals surface area contributed by atoms with Crippen LogP contribution in [-0.4, -0.2) is 35.8 Å². The Morgan fingerprint density at radius 1 is 1.30 bits per heavy atom. The van der Waals surface area contributed by atoms with Gasteiger partial charge in [0.2, 0.25) is 5.88 Å². The number of hydrogen-bond acceptors (Lipinski definition) is 5. The van der Waals surface area contributed by atoms with Crippen LogP contribution in [0.2, 0.25) is 0 Å². The molecule has 2 heterocycles. The van der Waals surface area contributed by atoms with Gasteiger partial charge in [0.15, 0.2) is 0 Å². The van der Waals surface area contributed by atoms with Gasteiger partial charge in [0, 0.05) is 31.7 Å². The van der Waals surface area contributed by atoms with E-state index < -0.39 is 6.10 Å². The summed E-state index contributed by atoms with van der Waals surface area (Å²) in [5, 5.41) is 10.5. The van der Waals surface area contributed by atoms with Gasteiger partial charge in [-0.15, -0.1) is 0 Å². The van der Waals surface area contributed by atoms with Crippen molar-refractivity contribution in [2.24, 2.45) is 0 Å². The molecular weight excluding hydrogens is 254 g/mol. The van der Waals surface area contributed by atoms with E-state index in [4.69, 9.17) is 4.74 Å². The highest BCUT2D eigenvalue weighted by Gasteiger charge is 2.21. The van der Waals surface area contributed by atoms with Gasteiger partial charge in [0.05, 0.1) is 7.11 Å². The lowest BCUT2D eigenvalue weighted by molar-refractivity contribution is 0.207. The molecule has 1 aliphatic heterocycles. The van der Waals surface area contributed by atoms with E-state index in [-0.39, 0.29) is 0 Å². The number of fused-ring (bicyclic) bond motifs is 1. The molecule has 1 N–H and O–H groups in total. The average molecular weight is 271 g/mol. The number of methoxy groups -OCH3 is 1. The van der Waals surface area contributed by atoms with Gasteiger partial charge in [-0.25, -0.2) is 4.98 Å². The zero-order valence-electron chi connectivity index (χ0n) is 11.6. The molecule has 0 bridgehead atoms. The van der Waals surface area contributed by atoms with Crippen LogP contribution in [0, 0.1) is 0 Å². The van der Waals surface area contributed by atoms with E-state index in [1.165, 1.54) is 18.4 Å². The fraction of sp³-hybridized carbons (Fsp3) is 0.333. The predicted octanol–water partition coefficient (Wildman–Crippen LogP) is 1.56. The van der Waals surface area contributed by atoms with Gasteiger partial charge in [0.1, 0.15) is 11.8 Å². The molecule has 1 aromatic heterocycles. The molecule has 1 atom stereocenters. The number of hydrogen-bond donors (Lipinski definition) is 1. The van der Waals surface area contributed by atoms with Gasteiger partial charge >= 0.3 is 0 Å². The average Bonchev–Trinajstić information content (AvgIpc) is 2.87. The van der Waals surface area contributed by atoms with Crippen LogP contribution in [0.3, 0.4) is 0 Å². The maximum Gasteiger partial charge on any atom is 0.238 e. The molecule has 1 aliphatic rings. The van der Waals surface area contributed by atoms with Crippen molar-refractivity contribution < 1.29 is 9.84 Å². The number of aliphatic hydroxyl groups excluding tert-OH is 1. The summed E-state index contributed by atoms with van der Waals surface area (Å²) >= 11 is 0. The Labute approximate surface area is 117 Å². The fourth-order valence-electron chi connectivity index (χ4n) is 2.60. The zero-order valence-corrected chi connectivity index (χ0v) is 11.6. The molecule has 0 saturated heterocycles. The highest BCUT2D eigenvalue weighted by Crippen LogP contribution is 2.32. The van der Waals surface area contributed by atoms with Gasteiger partial charge in [-0.1, -0.05) is 12.1 Å². The molecule has 0 spiro atoms. The summed E-state index contributed by atoms with van der Waals surface area (Å²) in [4.78, 5) is 10.5. The Hall–Kier alpha value is -2.14. The molecule has 1 aromatic carbocycles. The molecule has 0 fully saturated rings. The molecule has 5 heteroatoms. The lowest BCUT2D eigenvalue weighted by atomic mass is 10.0. The first kappa shape index (κ1) is 12.9. The minimum atomic E-state index is -0.824. The molecule has 104 valence electrons. The second-order valence-electron chi connectivity index (χ2n) is 4.91. The lowest BCUT2D eigenvalue weighted by Crippen LogP contribution is -2.12. The first-order chi connectivity index (χ1) is 9.70. The second-order valence-corrected chi connectivity index (χ2v) is 4.91. The van der Waals surface area contributed by atoms with Crippen LogP contribution in [0.5, 0.6) is 5.88 Å². The van der Waals surface area contributed by atoms with Crippen molar-refractivity contribution in [3.05, 3.63) is 47.4 Å². The molecule has 2 aromatic rings. The summed E-state index contributed by atoms with van der Waals surface area (Å²) in [6.07, 6.45) is 3.29. The van der Waals surface area contributed by atoms with Gasteiger partial charge < -0.3 is 14.7 Å². The first-order valence-electron chi connectivity index (χ1n) is 6.57. The summed E-state index contributed by atoms with van der Waals surface area (Å²) < 4.78 is 5.16. The molecule has 0 radical (unpaired) electrons. The number of anilines is 1. The van der Waals surface area contributed by atoms with Crippen LogP contribution in [0.1, 0.15) is 22.9 Å². The van der Waals surface area contributed by atoms with Crippen molar-refractivity contribution in [2.45, 2.75) is 12.5 Å². The highest BCUT2D eigenvalue weighted by molar-refractivity contribution is 5.59. The van der Waals surface area contributed by atoms with E-state index in [1.807, 2.05) is 18.2 Å². The van der Waals surface area contributed by atoms with Gasteiger partial charge in [-0.3, -0.25) is 4.98 Å². The number of aromatic nitrogens is 2. The Morgan fingerprint density at radius 2 is 2.10 bits per heavy atom. The molecule has 1 unspecified atom stereocenters. The maximum absolute atomic E-state index is 10.5. The highest BCUT2D eigenvalue weighted by atomic mass is 16.5. The van der Waals surface area contributed by atoms with Crippen LogP contribution in [-0.2, 0) is 6.42 Å². The molecule has 0 saturated carbocycles. The Balaban J connectivity index is 1.97. The minimum absolute atomic E-state index is 0.359. The standard InChI is InChI=1S/C15H17N3O2/c1-18-8-5-10-9-11(3-4-12(10)18)14(19)13-15(20-2)17-7-6-16-13/h3-4,6-7,9,14,19H,5,8H2,1-2H3. The number of likely N-dealkylation sites (N-methyl/N-ethyl adjacent to an activating group) is 1. The zero-order chi connectivity index (χ0) is 14.1. The monoisotopic (exact) mass is 271 g/mol. The molecule has 5 nitrogen and oxygen atoms in total. The van der Waals surface area contributed by atoms with Crippen LogP contribution in [0.25, 0.3) is 0 Å². The molecule has 0 amide bonds. The van der Waals surface area contributed by atoms with Crippen LogP contribution in [0.15, 0.2) is 30.6 Å². The number of nitrogens with zero attached hydrogens (tertiary/aromatic N) is 3. The van der Waals surface area contributed by atoms with Gasteiger partial charge in [-0.05, 0) is 23.6 Å². The summed E-state index contributed by atoms with van der Waals surface area (Å²) in [6, 6.07) is 6.01. The Morgan fingerprint density at radius 3 is 2.90 bits per heavy atom. The van der Waals surface area contributed by atoms with E-state index >= 15 is 0 Å². The topological polar surface area (TPSA) is 58.5 Å². The van der Waals surface area contributed by atoms with Crippen LogP contribution in [0.4, 0.5) is 5.69 Å². The summed E-state index contributed by atoms with van der Waals surface area (Å²) in [7, 11) is 3.60. The van der Waals surface area contributed by atoms with Crippen molar-refractivity contribution in [1.82, 2.24) is 9.97 Å². The Bertz CT molecular complexity index is 630. The largest absolute Gasteiger partial charge is 0.480 e. The summed E-state index contributed by atoms with van der Waals surface area (Å²) in [5.41, 5.74) is 3.75. The molecule has 20 heavy (non-hydrogen) atoms. The summed E-state index contributed by atoms with van der Waals surface area (Å²) in [5.74, 6) is 0.359. The number of rotatable bonds is 3. The molecular formula is C15H17N3O2. The van der Waals surface area contributed by atoms with Gasteiger partial charge in [0.25, 0.3) is 0 Å². The van der Waals surface area contributed by atoms with Crippen molar-refractivity contribution >= 4 is 5.69 Å². The van der Waals surface area contributed by atoms with E-state index in [2.05, 4.69) is 21.9 Å². The molecule has 0 aliphatic carbocycles. The van der Waals surface area contributed by atoms with Gasteiger partial charge in [-0.2, -0.15) is 0 Å². The minimum Gasteiger partial charge on any atom is -0.480 e. The number of benzene rings is 1. The smallest absolute Gasteiger partial charge is 0.238 e. The normalized spacial score (nSPS) is 15.1. The van der Waals surface area contributed by atoms with Crippen molar-refractivity contribution in [3.8, 4) is 5.88 Å². The van der Waals surface area contributed by atoms with Crippen molar-refractivity contribution in [2.75, 3.05) is 25.6 Å². The Kier molecular flexibility index (Phi) is 3.28. The summed E-state index contributed by atoms with van der Waals surface area (Å²) in [6.45, 7) is 1.02. The number of ether oxygens (including phenoxy) is 1. The lowest BCUT2D eigenvalue weighted by Gasteiger charge is -2.15. The van der Waals surface area contributed by atoms with E-state index in [1.54, 1.807) is 12.4 Å². The third-order valence-corrected chi connectivity index (χ3v) is 3.69. The molecule has 3 rings (SSSR count). The third kappa shape index (κ3) is 2.10. The second kappa shape index (κ2) is 5.09. The fourth-order valence-corrected chi connectivity index (χ4v) is 2.60.